The summed E-state index contributed by atoms with van der Waals surface area (Å²) in [4.78, 5) is 0. The van der Waals surface area contributed by atoms with E-state index in [1.165, 1.54) is 6.07 Å². The lowest BCUT2D eigenvalue weighted by Gasteiger charge is -2.26. The zero-order valence-electron chi connectivity index (χ0n) is 8.78. The number of benzene rings is 1. The molecule has 15 heavy (non-hydrogen) atoms. The quantitative estimate of drug-likeness (QED) is 0.660. The molecule has 0 saturated heterocycles. The summed E-state index contributed by atoms with van der Waals surface area (Å²) in [7, 11) is 0. The SMILES string of the molecule is CC(C)(CNCCl)c1cc(Br)ccc1F. The van der Waals surface area contributed by atoms with E-state index in [1.54, 1.807) is 6.07 Å². The Morgan fingerprint density at radius 1 is 1.47 bits per heavy atom. The highest BCUT2D eigenvalue weighted by molar-refractivity contribution is 9.10. The number of hydrogen-bond acceptors (Lipinski definition) is 1. The Morgan fingerprint density at radius 2 is 2.13 bits per heavy atom. The monoisotopic (exact) mass is 293 g/mol. The summed E-state index contributed by atoms with van der Waals surface area (Å²) in [5.74, 6) is -0.181. The molecule has 0 radical (unpaired) electrons. The average Bonchev–Trinajstić information content (AvgIpc) is 2.18. The van der Waals surface area contributed by atoms with Gasteiger partial charge in [-0.15, -0.1) is 11.6 Å². The Bertz CT molecular complexity index is 341. The Balaban J connectivity index is 2.97. The molecule has 0 amide bonds. The van der Waals surface area contributed by atoms with Gasteiger partial charge in [0.1, 0.15) is 5.82 Å². The number of halogens is 3. The van der Waals surface area contributed by atoms with E-state index in [0.717, 1.165) is 4.47 Å². The first-order valence-electron chi connectivity index (χ1n) is 4.69. The molecule has 0 spiro atoms. The molecule has 0 atom stereocenters. The van der Waals surface area contributed by atoms with Crippen LogP contribution in [0, 0.1) is 5.82 Å². The minimum atomic E-state index is -0.275. The van der Waals surface area contributed by atoms with Gasteiger partial charge in [-0.3, -0.25) is 0 Å². The zero-order chi connectivity index (χ0) is 11.5. The van der Waals surface area contributed by atoms with Gasteiger partial charge < -0.3 is 5.32 Å². The van der Waals surface area contributed by atoms with E-state index < -0.39 is 0 Å². The number of rotatable bonds is 4. The van der Waals surface area contributed by atoms with Crippen molar-refractivity contribution in [3.8, 4) is 0 Å². The van der Waals surface area contributed by atoms with E-state index in [-0.39, 0.29) is 11.2 Å². The van der Waals surface area contributed by atoms with Crippen molar-refractivity contribution in [3.05, 3.63) is 34.1 Å². The van der Waals surface area contributed by atoms with Crippen LogP contribution in [0.15, 0.2) is 22.7 Å². The number of nitrogens with one attached hydrogen (secondary N) is 1. The lowest BCUT2D eigenvalue weighted by molar-refractivity contribution is 0.458. The molecule has 0 bridgehead atoms. The van der Waals surface area contributed by atoms with Gasteiger partial charge in [-0.05, 0) is 23.8 Å². The van der Waals surface area contributed by atoms with Crippen LogP contribution >= 0.6 is 27.5 Å². The molecule has 1 aromatic carbocycles. The molecule has 0 aliphatic rings. The van der Waals surface area contributed by atoms with Crippen LogP contribution in [0.5, 0.6) is 0 Å². The van der Waals surface area contributed by atoms with Crippen LogP contribution in [0.4, 0.5) is 4.39 Å². The first-order chi connectivity index (χ1) is 6.97. The second-order valence-electron chi connectivity index (χ2n) is 4.07. The standard InChI is InChI=1S/C11H14BrClFN/c1-11(2,6-15-7-13)9-5-8(12)3-4-10(9)14/h3-5,15H,6-7H2,1-2H3. The van der Waals surface area contributed by atoms with Gasteiger partial charge in [0.15, 0.2) is 0 Å². The summed E-state index contributed by atoms with van der Waals surface area (Å²) in [6.07, 6.45) is 0. The maximum atomic E-state index is 13.6. The van der Waals surface area contributed by atoms with Crippen molar-refractivity contribution in [1.29, 1.82) is 0 Å². The van der Waals surface area contributed by atoms with Crippen molar-refractivity contribution >= 4 is 27.5 Å². The first-order valence-corrected chi connectivity index (χ1v) is 6.02. The van der Waals surface area contributed by atoms with Crippen molar-refractivity contribution < 1.29 is 4.39 Å². The molecule has 84 valence electrons. The van der Waals surface area contributed by atoms with Crippen molar-refractivity contribution in [2.24, 2.45) is 0 Å². The third-order valence-electron chi connectivity index (χ3n) is 2.32. The van der Waals surface area contributed by atoms with Gasteiger partial charge in [0, 0.05) is 16.4 Å². The fraction of sp³-hybridized carbons (Fsp3) is 0.455. The molecule has 1 aromatic rings. The van der Waals surface area contributed by atoms with E-state index in [4.69, 9.17) is 11.6 Å². The highest BCUT2D eigenvalue weighted by Gasteiger charge is 2.23. The van der Waals surface area contributed by atoms with Crippen LogP contribution < -0.4 is 5.32 Å². The third kappa shape index (κ3) is 3.44. The van der Waals surface area contributed by atoms with Gasteiger partial charge in [0.05, 0.1) is 6.00 Å². The number of hydrogen-bond donors (Lipinski definition) is 1. The summed E-state index contributed by atoms with van der Waals surface area (Å²) in [6.45, 7) is 4.61. The topological polar surface area (TPSA) is 12.0 Å². The van der Waals surface area contributed by atoms with Gasteiger partial charge in [-0.1, -0.05) is 29.8 Å². The summed E-state index contributed by atoms with van der Waals surface area (Å²) in [5.41, 5.74) is 0.414. The molecular formula is C11H14BrClFN. The molecule has 0 heterocycles. The Hall–Kier alpha value is -0.120. The summed E-state index contributed by atoms with van der Waals surface area (Å²) < 4.78 is 14.5. The lowest BCUT2D eigenvalue weighted by atomic mass is 9.84. The van der Waals surface area contributed by atoms with Crippen LogP contribution in [0.1, 0.15) is 19.4 Å². The van der Waals surface area contributed by atoms with E-state index in [9.17, 15) is 4.39 Å². The normalized spacial score (nSPS) is 11.8. The fourth-order valence-corrected chi connectivity index (χ4v) is 1.93. The molecule has 0 aromatic heterocycles. The minimum absolute atomic E-state index is 0.181. The van der Waals surface area contributed by atoms with Gasteiger partial charge in [-0.2, -0.15) is 0 Å². The first kappa shape index (κ1) is 12.9. The molecule has 0 aliphatic carbocycles. The van der Waals surface area contributed by atoms with E-state index in [1.807, 2.05) is 19.9 Å². The Labute approximate surface area is 103 Å². The fourth-order valence-electron chi connectivity index (χ4n) is 1.47. The maximum Gasteiger partial charge on any atom is 0.127 e. The van der Waals surface area contributed by atoms with Crippen molar-refractivity contribution in [2.75, 3.05) is 12.5 Å². The smallest absolute Gasteiger partial charge is 0.127 e. The van der Waals surface area contributed by atoms with Crippen LogP contribution in [0.3, 0.4) is 0 Å². The maximum absolute atomic E-state index is 13.6. The second-order valence-corrected chi connectivity index (χ2v) is 5.25. The molecule has 1 rings (SSSR count). The predicted octanol–water partition coefficient (Wildman–Crippen LogP) is 3.65. The van der Waals surface area contributed by atoms with Crippen LogP contribution in [0.2, 0.25) is 0 Å². The Morgan fingerprint density at radius 3 is 2.73 bits per heavy atom. The molecule has 0 saturated carbocycles. The summed E-state index contributed by atoms with van der Waals surface area (Å²) >= 11 is 8.90. The van der Waals surface area contributed by atoms with Crippen molar-refractivity contribution in [1.82, 2.24) is 5.32 Å². The van der Waals surface area contributed by atoms with E-state index in [0.29, 0.717) is 18.1 Å². The van der Waals surface area contributed by atoms with Crippen LogP contribution in [-0.2, 0) is 5.41 Å². The number of alkyl halides is 1. The Kier molecular flexibility index (Phi) is 4.56. The molecule has 4 heteroatoms. The second kappa shape index (κ2) is 5.28. The predicted molar refractivity (Wildman–Crippen MR) is 65.8 cm³/mol. The molecular weight excluding hydrogens is 280 g/mol. The largest absolute Gasteiger partial charge is 0.303 e. The van der Waals surface area contributed by atoms with Crippen LogP contribution in [-0.4, -0.2) is 12.5 Å². The van der Waals surface area contributed by atoms with Gasteiger partial charge in [0.2, 0.25) is 0 Å². The van der Waals surface area contributed by atoms with Gasteiger partial charge in [0.25, 0.3) is 0 Å². The van der Waals surface area contributed by atoms with E-state index in [2.05, 4.69) is 21.2 Å². The highest BCUT2D eigenvalue weighted by Crippen LogP contribution is 2.27. The van der Waals surface area contributed by atoms with Crippen molar-refractivity contribution in [3.63, 3.8) is 0 Å². The third-order valence-corrected chi connectivity index (χ3v) is 3.00. The molecule has 0 fully saturated rings. The van der Waals surface area contributed by atoms with E-state index >= 15 is 0 Å². The van der Waals surface area contributed by atoms with Crippen LogP contribution in [0.25, 0.3) is 0 Å². The minimum Gasteiger partial charge on any atom is -0.303 e. The average molecular weight is 295 g/mol. The highest BCUT2D eigenvalue weighted by atomic mass is 79.9. The summed E-state index contributed by atoms with van der Waals surface area (Å²) in [6, 6.07) is 5.36. The molecule has 0 unspecified atom stereocenters. The van der Waals surface area contributed by atoms with Gasteiger partial charge >= 0.3 is 0 Å². The molecule has 0 aliphatic heterocycles. The summed E-state index contributed by atoms with van der Waals surface area (Å²) in [5, 5.41) is 3.02. The van der Waals surface area contributed by atoms with Crippen molar-refractivity contribution in [2.45, 2.75) is 19.3 Å². The van der Waals surface area contributed by atoms with Gasteiger partial charge in [-0.25, -0.2) is 4.39 Å². The molecule has 1 nitrogen and oxygen atoms in total. The lowest BCUT2D eigenvalue weighted by Crippen LogP contribution is -2.33. The molecule has 1 N–H and O–H groups in total. The zero-order valence-corrected chi connectivity index (χ0v) is 11.1.